The van der Waals surface area contributed by atoms with Gasteiger partial charge in [0, 0.05) is 32.7 Å². The Bertz CT molecular complexity index is 246. The molecule has 0 spiro atoms. The van der Waals surface area contributed by atoms with Gasteiger partial charge in [-0.3, -0.25) is 4.90 Å². The van der Waals surface area contributed by atoms with E-state index in [4.69, 9.17) is 5.73 Å². The van der Waals surface area contributed by atoms with Crippen LogP contribution in [0.3, 0.4) is 0 Å². The van der Waals surface area contributed by atoms with Crippen LogP contribution in [0.2, 0.25) is 0 Å². The molecule has 3 N–H and O–H groups in total. The first-order valence-electron chi connectivity index (χ1n) is 5.67. The van der Waals surface area contributed by atoms with Gasteiger partial charge in [0.1, 0.15) is 0 Å². The number of nitrogens with two attached hydrogens (primary N) is 1. The quantitative estimate of drug-likeness (QED) is 0.650. The van der Waals surface area contributed by atoms with Crippen LogP contribution >= 0.6 is 0 Å². The van der Waals surface area contributed by atoms with Crippen LogP contribution in [0.15, 0.2) is 0 Å². The zero-order valence-corrected chi connectivity index (χ0v) is 9.28. The molecule has 0 aliphatic carbocycles. The van der Waals surface area contributed by atoms with Crippen molar-refractivity contribution in [2.75, 3.05) is 39.3 Å². The molecular weight excluding hydrogens is 192 g/mol. The Morgan fingerprint density at radius 2 is 2.40 bits per heavy atom. The minimum absolute atomic E-state index is 0.103. The second-order valence-electron chi connectivity index (χ2n) is 4.63. The van der Waals surface area contributed by atoms with Crippen molar-refractivity contribution in [1.82, 2.24) is 15.1 Å². The van der Waals surface area contributed by atoms with Crippen molar-refractivity contribution < 1.29 is 4.79 Å². The molecule has 5 nitrogen and oxygen atoms in total. The number of hydrogen-bond donors (Lipinski definition) is 2. The van der Waals surface area contributed by atoms with Crippen molar-refractivity contribution in [3.8, 4) is 0 Å². The van der Waals surface area contributed by atoms with E-state index in [-0.39, 0.29) is 6.03 Å². The first kappa shape index (κ1) is 10.7. The molecule has 0 aromatic heterocycles. The highest BCUT2D eigenvalue weighted by molar-refractivity contribution is 5.77. The maximum absolute atomic E-state index is 11.4. The van der Waals surface area contributed by atoms with Crippen molar-refractivity contribution in [3.63, 3.8) is 0 Å². The Hall–Kier alpha value is -0.810. The van der Waals surface area contributed by atoms with E-state index in [9.17, 15) is 4.79 Å². The highest BCUT2D eigenvalue weighted by Crippen LogP contribution is 2.14. The molecule has 15 heavy (non-hydrogen) atoms. The van der Waals surface area contributed by atoms with Gasteiger partial charge in [-0.1, -0.05) is 6.92 Å². The molecule has 2 aliphatic rings. The smallest absolute Gasteiger partial charge is 0.317 e. The largest absolute Gasteiger partial charge is 0.336 e. The third kappa shape index (κ3) is 2.23. The molecule has 2 unspecified atom stereocenters. The molecule has 0 aromatic rings. The van der Waals surface area contributed by atoms with Crippen molar-refractivity contribution in [2.45, 2.75) is 13.0 Å². The van der Waals surface area contributed by atoms with Crippen LogP contribution in [0.5, 0.6) is 0 Å². The summed E-state index contributed by atoms with van der Waals surface area (Å²) in [5.41, 5.74) is 5.61. The summed E-state index contributed by atoms with van der Waals surface area (Å²) in [6.07, 6.45) is 0. The van der Waals surface area contributed by atoms with Crippen molar-refractivity contribution in [2.24, 2.45) is 11.7 Å². The second-order valence-corrected chi connectivity index (χ2v) is 4.63. The maximum atomic E-state index is 11.4. The number of piperazine rings is 1. The average molecular weight is 212 g/mol. The minimum Gasteiger partial charge on any atom is -0.336 e. The summed E-state index contributed by atoms with van der Waals surface area (Å²) in [6, 6.07) is 0.475. The summed E-state index contributed by atoms with van der Waals surface area (Å²) >= 11 is 0. The Morgan fingerprint density at radius 1 is 1.60 bits per heavy atom. The summed E-state index contributed by atoms with van der Waals surface area (Å²) in [7, 11) is 0. The van der Waals surface area contributed by atoms with E-state index in [1.165, 1.54) is 0 Å². The van der Waals surface area contributed by atoms with Gasteiger partial charge in [-0.25, -0.2) is 4.79 Å². The summed E-state index contributed by atoms with van der Waals surface area (Å²) in [5.74, 6) is 0.543. The number of nitrogens with one attached hydrogen (secondary N) is 1. The number of fused-ring (bicyclic) bond motifs is 1. The average Bonchev–Trinajstić information content (AvgIpc) is 2.60. The highest BCUT2D eigenvalue weighted by Gasteiger charge is 2.35. The molecule has 86 valence electrons. The lowest BCUT2D eigenvalue weighted by Crippen LogP contribution is -2.53. The van der Waals surface area contributed by atoms with Gasteiger partial charge >= 0.3 is 6.03 Å². The van der Waals surface area contributed by atoms with Crippen molar-refractivity contribution >= 4 is 6.03 Å². The topological polar surface area (TPSA) is 61.6 Å². The van der Waals surface area contributed by atoms with Gasteiger partial charge < -0.3 is 16.0 Å². The lowest BCUT2D eigenvalue weighted by atomic mass is 10.1. The molecule has 0 saturated carbocycles. The van der Waals surface area contributed by atoms with E-state index in [1.54, 1.807) is 0 Å². The molecular formula is C10H20N4O. The van der Waals surface area contributed by atoms with Crippen molar-refractivity contribution in [3.05, 3.63) is 0 Å². The molecule has 0 radical (unpaired) electrons. The van der Waals surface area contributed by atoms with Crippen LogP contribution in [0.1, 0.15) is 6.92 Å². The zero-order chi connectivity index (χ0) is 10.8. The van der Waals surface area contributed by atoms with Crippen LogP contribution < -0.4 is 11.1 Å². The summed E-state index contributed by atoms with van der Waals surface area (Å²) in [6.45, 7) is 7.58. The lowest BCUT2D eigenvalue weighted by molar-refractivity contribution is 0.111. The van der Waals surface area contributed by atoms with E-state index in [0.717, 1.165) is 39.3 Å². The molecule has 5 heteroatoms. The molecule has 0 aromatic carbocycles. The molecule has 2 saturated heterocycles. The van der Waals surface area contributed by atoms with E-state index in [1.807, 2.05) is 4.90 Å². The number of carbonyl (C=O) groups excluding carboxylic acids is 1. The van der Waals surface area contributed by atoms with E-state index in [2.05, 4.69) is 17.1 Å². The Labute approximate surface area is 90.6 Å². The van der Waals surface area contributed by atoms with Crippen LogP contribution in [0.25, 0.3) is 0 Å². The van der Waals surface area contributed by atoms with E-state index >= 15 is 0 Å². The normalized spacial score (nSPS) is 28.8. The number of carbonyl (C=O) groups is 1. The van der Waals surface area contributed by atoms with E-state index in [0.29, 0.717) is 12.0 Å². The molecule has 2 heterocycles. The zero-order valence-electron chi connectivity index (χ0n) is 9.28. The standard InChI is InChI=1S/C10H20N4O/c1-8(4-11)6-13-2-3-14-9(7-13)5-12-10(14)15/h8-9H,2-7,11H2,1H3,(H,12,15). The summed E-state index contributed by atoms with van der Waals surface area (Å²) in [4.78, 5) is 15.7. The fraction of sp³-hybridized carbons (Fsp3) is 0.900. The highest BCUT2D eigenvalue weighted by atomic mass is 16.2. The van der Waals surface area contributed by atoms with Gasteiger partial charge in [0.15, 0.2) is 0 Å². The number of urea groups is 1. The Morgan fingerprint density at radius 3 is 3.13 bits per heavy atom. The number of nitrogens with zero attached hydrogens (tertiary/aromatic N) is 2. The van der Waals surface area contributed by atoms with Gasteiger partial charge in [0.25, 0.3) is 0 Å². The summed E-state index contributed by atoms with van der Waals surface area (Å²) < 4.78 is 0. The number of hydrogen-bond acceptors (Lipinski definition) is 3. The molecule has 2 atom stereocenters. The fourth-order valence-electron chi connectivity index (χ4n) is 2.35. The first-order chi connectivity index (χ1) is 7.20. The van der Waals surface area contributed by atoms with Crippen LogP contribution in [0.4, 0.5) is 4.79 Å². The third-order valence-corrected chi connectivity index (χ3v) is 3.29. The fourth-order valence-corrected chi connectivity index (χ4v) is 2.35. The SMILES string of the molecule is CC(CN)CN1CCN2C(=O)NCC2C1. The molecule has 2 amide bonds. The predicted octanol–water partition coefficient (Wildman–Crippen LogP) is -0.709. The van der Waals surface area contributed by atoms with Gasteiger partial charge in [0.2, 0.25) is 0 Å². The van der Waals surface area contributed by atoms with Crippen LogP contribution in [-0.4, -0.2) is 61.1 Å². The number of rotatable bonds is 3. The Balaban J connectivity index is 1.85. The molecule has 2 aliphatic heterocycles. The van der Waals surface area contributed by atoms with Crippen LogP contribution in [0, 0.1) is 5.92 Å². The van der Waals surface area contributed by atoms with E-state index < -0.39 is 0 Å². The second kappa shape index (κ2) is 4.37. The Kier molecular flexibility index (Phi) is 3.11. The molecule has 2 fully saturated rings. The van der Waals surface area contributed by atoms with Gasteiger partial charge in [-0.05, 0) is 12.5 Å². The predicted molar refractivity (Wildman–Crippen MR) is 58.6 cm³/mol. The third-order valence-electron chi connectivity index (χ3n) is 3.29. The van der Waals surface area contributed by atoms with Crippen molar-refractivity contribution in [1.29, 1.82) is 0 Å². The maximum Gasteiger partial charge on any atom is 0.317 e. The lowest BCUT2D eigenvalue weighted by Gasteiger charge is -2.37. The summed E-state index contributed by atoms with van der Waals surface area (Å²) in [5, 5.41) is 2.89. The minimum atomic E-state index is 0.103. The van der Waals surface area contributed by atoms with Gasteiger partial charge in [-0.2, -0.15) is 0 Å². The van der Waals surface area contributed by atoms with Crippen LogP contribution in [-0.2, 0) is 0 Å². The van der Waals surface area contributed by atoms with Gasteiger partial charge in [0.05, 0.1) is 6.04 Å². The first-order valence-corrected chi connectivity index (χ1v) is 5.67. The van der Waals surface area contributed by atoms with Gasteiger partial charge in [-0.15, -0.1) is 0 Å². The monoisotopic (exact) mass is 212 g/mol. The molecule has 0 bridgehead atoms. The molecule has 2 rings (SSSR count). The number of amides is 2.